The first kappa shape index (κ1) is 14.3. The Morgan fingerprint density at radius 2 is 1.82 bits per heavy atom. The standard InChI is InChI=1S/C18H16FNO2/c1-12-11-20(15-4-2-3-5-17(15)21)16(10-18(12)22)13-6-8-14(19)9-7-13/h2-9,11,16,21H,10H2,1H3/t16-/m0/s1. The van der Waals surface area contributed by atoms with Gasteiger partial charge in [-0.2, -0.15) is 0 Å². The van der Waals surface area contributed by atoms with Gasteiger partial charge in [0.15, 0.2) is 5.78 Å². The average Bonchev–Trinajstić information content (AvgIpc) is 2.51. The van der Waals surface area contributed by atoms with Crippen molar-refractivity contribution in [1.82, 2.24) is 0 Å². The van der Waals surface area contributed by atoms with E-state index < -0.39 is 0 Å². The molecule has 2 aromatic carbocycles. The second-order valence-electron chi connectivity index (χ2n) is 5.40. The molecule has 1 atom stereocenters. The van der Waals surface area contributed by atoms with Crippen molar-refractivity contribution in [2.75, 3.05) is 4.90 Å². The Kier molecular flexibility index (Phi) is 3.67. The van der Waals surface area contributed by atoms with Crippen LogP contribution in [0.5, 0.6) is 5.75 Å². The van der Waals surface area contributed by atoms with Crippen LogP contribution in [-0.2, 0) is 4.79 Å². The van der Waals surface area contributed by atoms with Crippen LogP contribution in [0.3, 0.4) is 0 Å². The Bertz CT molecular complexity index is 737. The second-order valence-corrected chi connectivity index (χ2v) is 5.40. The maximum Gasteiger partial charge on any atom is 0.162 e. The normalized spacial score (nSPS) is 18.3. The number of rotatable bonds is 2. The Balaban J connectivity index is 2.08. The van der Waals surface area contributed by atoms with E-state index in [1.807, 2.05) is 11.0 Å². The number of nitrogens with zero attached hydrogens (tertiary/aromatic N) is 1. The van der Waals surface area contributed by atoms with Crippen LogP contribution in [-0.4, -0.2) is 10.9 Å². The third-order valence-electron chi connectivity index (χ3n) is 3.90. The van der Waals surface area contributed by atoms with Crippen LogP contribution in [0.25, 0.3) is 0 Å². The molecule has 22 heavy (non-hydrogen) atoms. The molecule has 4 heteroatoms. The number of hydrogen-bond donors (Lipinski definition) is 1. The summed E-state index contributed by atoms with van der Waals surface area (Å²) < 4.78 is 13.1. The predicted octanol–water partition coefficient (Wildman–Crippen LogP) is 3.96. The zero-order chi connectivity index (χ0) is 15.7. The lowest BCUT2D eigenvalue weighted by Gasteiger charge is -2.35. The summed E-state index contributed by atoms with van der Waals surface area (Å²) in [7, 11) is 0. The first-order chi connectivity index (χ1) is 10.6. The molecule has 1 heterocycles. The lowest BCUT2D eigenvalue weighted by Crippen LogP contribution is -2.31. The van der Waals surface area contributed by atoms with Crippen molar-refractivity contribution in [3.05, 3.63) is 71.7 Å². The van der Waals surface area contributed by atoms with Gasteiger partial charge in [-0.25, -0.2) is 4.39 Å². The number of allylic oxidation sites excluding steroid dienone is 1. The summed E-state index contributed by atoms with van der Waals surface area (Å²) in [6, 6.07) is 12.8. The molecule has 112 valence electrons. The van der Waals surface area contributed by atoms with Gasteiger partial charge < -0.3 is 10.0 Å². The Morgan fingerprint density at radius 1 is 1.14 bits per heavy atom. The van der Waals surface area contributed by atoms with E-state index in [2.05, 4.69) is 0 Å². The van der Waals surface area contributed by atoms with Crippen molar-refractivity contribution in [3.8, 4) is 5.75 Å². The minimum absolute atomic E-state index is 0.0565. The number of ketones is 1. The number of aromatic hydroxyl groups is 1. The molecule has 1 aliphatic rings. The Hall–Kier alpha value is -2.62. The van der Waals surface area contributed by atoms with Crippen molar-refractivity contribution in [3.63, 3.8) is 0 Å². The molecular formula is C18H16FNO2. The third-order valence-corrected chi connectivity index (χ3v) is 3.90. The summed E-state index contributed by atoms with van der Waals surface area (Å²) in [6.45, 7) is 1.76. The van der Waals surface area contributed by atoms with E-state index in [0.29, 0.717) is 17.7 Å². The molecule has 1 N–H and O–H groups in total. The second kappa shape index (κ2) is 5.64. The molecule has 2 aromatic rings. The summed E-state index contributed by atoms with van der Waals surface area (Å²) in [5.74, 6) is -0.110. The molecule has 0 radical (unpaired) electrons. The predicted molar refractivity (Wildman–Crippen MR) is 83.1 cm³/mol. The molecule has 0 saturated heterocycles. The van der Waals surface area contributed by atoms with E-state index >= 15 is 0 Å². The average molecular weight is 297 g/mol. The lowest BCUT2D eigenvalue weighted by molar-refractivity contribution is -0.116. The molecule has 0 saturated carbocycles. The van der Waals surface area contributed by atoms with Crippen molar-refractivity contribution in [2.45, 2.75) is 19.4 Å². The quantitative estimate of drug-likeness (QED) is 0.912. The topological polar surface area (TPSA) is 40.5 Å². The molecule has 3 nitrogen and oxygen atoms in total. The number of halogens is 1. The van der Waals surface area contributed by atoms with Crippen molar-refractivity contribution in [1.29, 1.82) is 0 Å². The SMILES string of the molecule is CC1=CN(c2ccccc2O)[C@H](c2ccc(F)cc2)CC1=O. The van der Waals surface area contributed by atoms with Crippen LogP contribution in [0.2, 0.25) is 0 Å². The first-order valence-corrected chi connectivity index (χ1v) is 7.09. The molecule has 0 amide bonds. The van der Waals surface area contributed by atoms with Crippen LogP contribution >= 0.6 is 0 Å². The van der Waals surface area contributed by atoms with Crippen LogP contribution in [0, 0.1) is 5.82 Å². The van der Waals surface area contributed by atoms with Gasteiger partial charge >= 0.3 is 0 Å². The van der Waals surface area contributed by atoms with Gasteiger partial charge in [0, 0.05) is 18.2 Å². The number of phenols is 1. The van der Waals surface area contributed by atoms with E-state index in [1.165, 1.54) is 12.1 Å². The lowest BCUT2D eigenvalue weighted by atomic mass is 9.93. The molecule has 0 unspecified atom stereocenters. The minimum atomic E-state index is -0.313. The van der Waals surface area contributed by atoms with Crippen LogP contribution < -0.4 is 4.90 Å². The minimum Gasteiger partial charge on any atom is -0.506 e. The number of anilines is 1. The monoisotopic (exact) mass is 297 g/mol. The molecule has 0 aromatic heterocycles. The Labute approximate surface area is 128 Å². The highest BCUT2D eigenvalue weighted by molar-refractivity contribution is 5.97. The van der Waals surface area contributed by atoms with E-state index in [1.54, 1.807) is 43.5 Å². The zero-order valence-electron chi connectivity index (χ0n) is 12.2. The first-order valence-electron chi connectivity index (χ1n) is 7.09. The Morgan fingerprint density at radius 3 is 2.50 bits per heavy atom. The fraction of sp³-hybridized carbons (Fsp3) is 0.167. The van der Waals surface area contributed by atoms with Crippen molar-refractivity contribution >= 4 is 11.5 Å². The van der Waals surface area contributed by atoms with Gasteiger partial charge in [0.25, 0.3) is 0 Å². The number of carbonyl (C=O) groups excluding carboxylic acids is 1. The van der Waals surface area contributed by atoms with E-state index in [-0.39, 0.29) is 23.4 Å². The highest BCUT2D eigenvalue weighted by Gasteiger charge is 2.29. The van der Waals surface area contributed by atoms with Crippen LogP contribution in [0.15, 0.2) is 60.3 Å². The van der Waals surface area contributed by atoms with Crippen molar-refractivity contribution < 1.29 is 14.3 Å². The van der Waals surface area contributed by atoms with Gasteiger partial charge in [0.05, 0.1) is 11.7 Å². The molecule has 1 aliphatic heterocycles. The van der Waals surface area contributed by atoms with Gasteiger partial charge in [-0.1, -0.05) is 24.3 Å². The van der Waals surface area contributed by atoms with E-state index in [4.69, 9.17) is 0 Å². The molecule has 0 bridgehead atoms. The molecule has 0 spiro atoms. The summed E-state index contributed by atoms with van der Waals surface area (Å²) in [4.78, 5) is 13.9. The number of Topliss-reactive ketones (excluding diaryl/α,β-unsaturated/α-hetero) is 1. The number of hydrogen-bond acceptors (Lipinski definition) is 3. The van der Waals surface area contributed by atoms with Gasteiger partial charge in [0.1, 0.15) is 11.6 Å². The number of phenolic OH excluding ortho intramolecular Hbond substituents is 1. The maximum absolute atomic E-state index is 13.1. The number of para-hydroxylation sites is 2. The summed E-state index contributed by atoms with van der Waals surface area (Å²) in [5.41, 5.74) is 2.10. The van der Waals surface area contributed by atoms with E-state index in [9.17, 15) is 14.3 Å². The maximum atomic E-state index is 13.1. The smallest absolute Gasteiger partial charge is 0.162 e. The number of carbonyl (C=O) groups is 1. The summed E-state index contributed by atoms with van der Waals surface area (Å²) in [6.07, 6.45) is 2.04. The van der Waals surface area contributed by atoms with Crippen molar-refractivity contribution in [2.24, 2.45) is 0 Å². The summed E-state index contributed by atoms with van der Waals surface area (Å²) >= 11 is 0. The molecule has 0 fully saturated rings. The van der Waals surface area contributed by atoms with E-state index in [0.717, 1.165) is 5.56 Å². The van der Waals surface area contributed by atoms with Crippen LogP contribution in [0.4, 0.5) is 10.1 Å². The largest absolute Gasteiger partial charge is 0.506 e. The van der Waals surface area contributed by atoms with Crippen LogP contribution in [0.1, 0.15) is 24.9 Å². The van der Waals surface area contributed by atoms with Gasteiger partial charge in [-0.05, 0) is 36.8 Å². The number of benzene rings is 2. The molecule has 0 aliphatic carbocycles. The molecule has 3 rings (SSSR count). The summed E-state index contributed by atoms with van der Waals surface area (Å²) in [5, 5.41) is 10.1. The fourth-order valence-corrected chi connectivity index (χ4v) is 2.69. The zero-order valence-corrected chi connectivity index (χ0v) is 12.2. The third kappa shape index (κ3) is 2.60. The highest BCUT2D eigenvalue weighted by Crippen LogP contribution is 2.38. The molecular weight excluding hydrogens is 281 g/mol. The van der Waals surface area contributed by atoms with Gasteiger partial charge in [-0.15, -0.1) is 0 Å². The van der Waals surface area contributed by atoms with Gasteiger partial charge in [-0.3, -0.25) is 4.79 Å². The fourth-order valence-electron chi connectivity index (χ4n) is 2.69. The highest BCUT2D eigenvalue weighted by atomic mass is 19.1. The van der Waals surface area contributed by atoms with Gasteiger partial charge in [0.2, 0.25) is 0 Å².